The first kappa shape index (κ1) is 14.3. The maximum Gasteiger partial charge on any atom is 0.238 e. The molecule has 0 fully saturated rings. The molecule has 0 radical (unpaired) electrons. The van der Waals surface area contributed by atoms with Gasteiger partial charge in [0.2, 0.25) is 5.88 Å². The molecule has 0 aliphatic carbocycles. The van der Waals surface area contributed by atoms with Crippen molar-refractivity contribution in [3.05, 3.63) is 59.7 Å². The Morgan fingerprint density at radius 2 is 1.95 bits per heavy atom. The standard InChI is InChI=1S/C15H13FN2O.ClH/c1-10-8-12-6-7-17-15(14(12)18-10)19-9-11-2-4-13(16)5-3-11;/h2-8,18H,9H2,1H3;1H. The number of H-pyrrole nitrogens is 1. The smallest absolute Gasteiger partial charge is 0.238 e. The summed E-state index contributed by atoms with van der Waals surface area (Å²) in [7, 11) is 0. The molecular formula is C15H14ClFN2O. The predicted octanol–water partition coefficient (Wildman–Crippen LogP) is 4.01. The molecule has 3 rings (SSSR count). The Morgan fingerprint density at radius 3 is 2.70 bits per heavy atom. The zero-order chi connectivity index (χ0) is 13.2. The van der Waals surface area contributed by atoms with E-state index in [1.807, 2.05) is 19.1 Å². The number of aromatic nitrogens is 2. The van der Waals surface area contributed by atoms with E-state index in [9.17, 15) is 4.39 Å². The monoisotopic (exact) mass is 292 g/mol. The lowest BCUT2D eigenvalue weighted by atomic mass is 10.2. The number of nitrogens with zero attached hydrogens (tertiary/aromatic N) is 1. The number of pyridine rings is 1. The zero-order valence-corrected chi connectivity index (χ0v) is 11.7. The molecule has 1 N–H and O–H groups in total. The molecule has 0 aliphatic heterocycles. The van der Waals surface area contributed by atoms with Crippen molar-refractivity contribution in [1.29, 1.82) is 0 Å². The average molecular weight is 293 g/mol. The second kappa shape index (κ2) is 5.92. The van der Waals surface area contributed by atoms with Crippen molar-refractivity contribution in [2.24, 2.45) is 0 Å². The number of aryl methyl sites for hydroxylation is 1. The highest BCUT2D eigenvalue weighted by atomic mass is 35.5. The van der Waals surface area contributed by atoms with Crippen LogP contribution in [0.15, 0.2) is 42.6 Å². The molecule has 0 saturated heterocycles. The zero-order valence-electron chi connectivity index (χ0n) is 10.9. The van der Waals surface area contributed by atoms with Crippen LogP contribution >= 0.6 is 12.4 Å². The van der Waals surface area contributed by atoms with Gasteiger partial charge in [0.25, 0.3) is 0 Å². The topological polar surface area (TPSA) is 37.9 Å². The number of rotatable bonds is 3. The maximum atomic E-state index is 12.8. The maximum absolute atomic E-state index is 12.8. The summed E-state index contributed by atoms with van der Waals surface area (Å²) in [6.45, 7) is 2.36. The molecule has 3 aromatic rings. The Bertz CT molecular complexity index is 709. The van der Waals surface area contributed by atoms with E-state index in [1.165, 1.54) is 12.1 Å². The Hall–Kier alpha value is -2.07. The molecule has 1 aromatic carbocycles. The lowest BCUT2D eigenvalue weighted by molar-refractivity contribution is 0.297. The minimum atomic E-state index is -0.246. The minimum absolute atomic E-state index is 0. The summed E-state index contributed by atoms with van der Waals surface area (Å²) in [5, 5.41) is 1.07. The van der Waals surface area contributed by atoms with Gasteiger partial charge in [-0.3, -0.25) is 0 Å². The third-order valence-corrected chi connectivity index (χ3v) is 2.93. The first-order chi connectivity index (χ1) is 9.22. The van der Waals surface area contributed by atoms with Gasteiger partial charge in [-0.1, -0.05) is 12.1 Å². The van der Waals surface area contributed by atoms with Crippen molar-refractivity contribution in [1.82, 2.24) is 9.97 Å². The van der Waals surface area contributed by atoms with Crippen LogP contribution < -0.4 is 4.74 Å². The fourth-order valence-corrected chi connectivity index (χ4v) is 2.01. The highest BCUT2D eigenvalue weighted by molar-refractivity contribution is 5.85. The van der Waals surface area contributed by atoms with E-state index in [0.29, 0.717) is 12.5 Å². The van der Waals surface area contributed by atoms with Crippen molar-refractivity contribution >= 4 is 23.3 Å². The minimum Gasteiger partial charge on any atom is -0.471 e. The summed E-state index contributed by atoms with van der Waals surface area (Å²) < 4.78 is 18.5. The van der Waals surface area contributed by atoms with Gasteiger partial charge in [0.15, 0.2) is 0 Å². The number of hydrogen-bond acceptors (Lipinski definition) is 2. The Labute approximate surface area is 122 Å². The van der Waals surface area contributed by atoms with Gasteiger partial charge < -0.3 is 9.72 Å². The second-order valence-corrected chi connectivity index (χ2v) is 4.45. The molecule has 0 saturated carbocycles. The van der Waals surface area contributed by atoms with Crippen molar-refractivity contribution in [3.8, 4) is 5.88 Å². The fourth-order valence-electron chi connectivity index (χ4n) is 2.01. The van der Waals surface area contributed by atoms with Crippen LogP contribution in [0.3, 0.4) is 0 Å². The summed E-state index contributed by atoms with van der Waals surface area (Å²) in [5.41, 5.74) is 2.86. The predicted molar refractivity (Wildman–Crippen MR) is 78.8 cm³/mol. The number of aromatic amines is 1. The van der Waals surface area contributed by atoms with E-state index in [1.54, 1.807) is 18.3 Å². The summed E-state index contributed by atoms with van der Waals surface area (Å²) in [6.07, 6.45) is 1.72. The molecule has 0 bridgehead atoms. The number of nitrogens with one attached hydrogen (secondary N) is 1. The van der Waals surface area contributed by atoms with Gasteiger partial charge in [-0.2, -0.15) is 0 Å². The van der Waals surface area contributed by atoms with Crippen molar-refractivity contribution in [2.45, 2.75) is 13.5 Å². The van der Waals surface area contributed by atoms with Crippen LogP contribution in [0, 0.1) is 12.7 Å². The quantitative estimate of drug-likeness (QED) is 0.792. The van der Waals surface area contributed by atoms with Crippen LogP contribution in [0.1, 0.15) is 11.3 Å². The molecule has 2 heterocycles. The molecule has 0 atom stereocenters. The van der Waals surface area contributed by atoms with E-state index in [-0.39, 0.29) is 18.2 Å². The van der Waals surface area contributed by atoms with Gasteiger partial charge in [-0.05, 0) is 36.8 Å². The van der Waals surface area contributed by atoms with E-state index in [4.69, 9.17) is 4.74 Å². The van der Waals surface area contributed by atoms with Crippen LogP contribution in [-0.4, -0.2) is 9.97 Å². The van der Waals surface area contributed by atoms with Gasteiger partial charge in [-0.15, -0.1) is 12.4 Å². The lowest BCUT2D eigenvalue weighted by Crippen LogP contribution is -1.97. The molecule has 5 heteroatoms. The number of ether oxygens (including phenoxy) is 1. The van der Waals surface area contributed by atoms with Gasteiger partial charge >= 0.3 is 0 Å². The number of benzene rings is 1. The molecule has 0 unspecified atom stereocenters. The molecule has 104 valence electrons. The molecule has 0 spiro atoms. The van der Waals surface area contributed by atoms with Crippen molar-refractivity contribution in [2.75, 3.05) is 0 Å². The lowest BCUT2D eigenvalue weighted by Gasteiger charge is -2.06. The summed E-state index contributed by atoms with van der Waals surface area (Å²) in [4.78, 5) is 7.45. The molecular weight excluding hydrogens is 279 g/mol. The van der Waals surface area contributed by atoms with Gasteiger partial charge in [-0.25, -0.2) is 9.37 Å². The van der Waals surface area contributed by atoms with E-state index in [0.717, 1.165) is 22.2 Å². The average Bonchev–Trinajstić information content (AvgIpc) is 2.79. The largest absolute Gasteiger partial charge is 0.471 e. The first-order valence-corrected chi connectivity index (χ1v) is 6.04. The third-order valence-electron chi connectivity index (χ3n) is 2.93. The number of fused-ring (bicyclic) bond motifs is 1. The SMILES string of the molecule is Cc1cc2ccnc(OCc3ccc(F)cc3)c2[nH]1.Cl. The summed E-state index contributed by atoms with van der Waals surface area (Å²) >= 11 is 0. The van der Waals surface area contributed by atoms with Crippen LogP contribution in [0.25, 0.3) is 10.9 Å². The highest BCUT2D eigenvalue weighted by Crippen LogP contribution is 2.23. The van der Waals surface area contributed by atoms with E-state index < -0.39 is 0 Å². The summed E-state index contributed by atoms with van der Waals surface area (Å²) in [5.74, 6) is 0.318. The first-order valence-electron chi connectivity index (χ1n) is 6.04. The second-order valence-electron chi connectivity index (χ2n) is 4.45. The van der Waals surface area contributed by atoms with E-state index >= 15 is 0 Å². The Morgan fingerprint density at radius 1 is 1.20 bits per heavy atom. The number of halogens is 2. The van der Waals surface area contributed by atoms with Gasteiger partial charge in [0, 0.05) is 17.3 Å². The van der Waals surface area contributed by atoms with Gasteiger partial charge in [0.05, 0.1) is 0 Å². The van der Waals surface area contributed by atoms with Crippen molar-refractivity contribution in [3.63, 3.8) is 0 Å². The molecule has 20 heavy (non-hydrogen) atoms. The normalized spacial score (nSPS) is 10.3. The molecule has 3 nitrogen and oxygen atoms in total. The van der Waals surface area contributed by atoms with Crippen molar-refractivity contribution < 1.29 is 9.13 Å². The molecule has 0 amide bonds. The molecule has 0 aliphatic rings. The summed E-state index contributed by atoms with van der Waals surface area (Å²) in [6, 6.07) is 10.2. The van der Waals surface area contributed by atoms with Crippen LogP contribution in [0.2, 0.25) is 0 Å². The Kier molecular flexibility index (Phi) is 4.25. The number of hydrogen-bond donors (Lipinski definition) is 1. The van der Waals surface area contributed by atoms with E-state index in [2.05, 4.69) is 9.97 Å². The molecule has 2 aromatic heterocycles. The fraction of sp³-hybridized carbons (Fsp3) is 0.133. The van der Waals surface area contributed by atoms with Crippen LogP contribution in [-0.2, 0) is 6.61 Å². The Balaban J connectivity index is 0.00000147. The van der Waals surface area contributed by atoms with Gasteiger partial charge in [0.1, 0.15) is 17.9 Å². The highest BCUT2D eigenvalue weighted by Gasteiger charge is 2.06. The van der Waals surface area contributed by atoms with Crippen LogP contribution in [0.5, 0.6) is 5.88 Å². The van der Waals surface area contributed by atoms with Crippen LogP contribution in [0.4, 0.5) is 4.39 Å². The third kappa shape index (κ3) is 2.91.